The Labute approximate surface area is 127 Å². The molecule has 0 aliphatic heterocycles. The van der Waals surface area contributed by atoms with E-state index in [9.17, 15) is 4.79 Å². The minimum atomic E-state index is -0.354. The Morgan fingerprint density at radius 2 is 2.10 bits per heavy atom. The zero-order valence-electron chi connectivity index (χ0n) is 13.3. The number of carbonyl (C=O) groups is 1. The SMILES string of the molecule is COC(=O)c1c(N)cccc1CN(C)C1CCCCC1C. The topological polar surface area (TPSA) is 55.6 Å². The molecule has 0 radical (unpaired) electrons. The van der Waals surface area contributed by atoms with Crippen LogP contribution in [0.5, 0.6) is 0 Å². The highest BCUT2D eigenvalue weighted by Gasteiger charge is 2.26. The Bertz CT molecular complexity index is 502. The number of benzene rings is 1. The quantitative estimate of drug-likeness (QED) is 0.684. The fourth-order valence-corrected chi connectivity index (χ4v) is 3.44. The Balaban J connectivity index is 2.19. The second kappa shape index (κ2) is 6.94. The highest BCUT2D eigenvalue weighted by molar-refractivity contribution is 5.96. The number of nitrogens with zero attached hydrogens (tertiary/aromatic N) is 1. The van der Waals surface area contributed by atoms with Gasteiger partial charge in [0.15, 0.2) is 0 Å². The monoisotopic (exact) mass is 290 g/mol. The third-order valence-corrected chi connectivity index (χ3v) is 4.62. The average Bonchev–Trinajstić information content (AvgIpc) is 2.47. The number of anilines is 1. The van der Waals surface area contributed by atoms with Gasteiger partial charge in [-0.15, -0.1) is 0 Å². The van der Waals surface area contributed by atoms with Crippen LogP contribution in [0.4, 0.5) is 5.69 Å². The largest absolute Gasteiger partial charge is 0.465 e. The first-order chi connectivity index (χ1) is 10.0. The molecule has 4 heteroatoms. The molecule has 116 valence electrons. The summed E-state index contributed by atoms with van der Waals surface area (Å²) in [6.07, 6.45) is 5.14. The van der Waals surface area contributed by atoms with E-state index in [4.69, 9.17) is 10.5 Å². The molecule has 1 aliphatic rings. The summed E-state index contributed by atoms with van der Waals surface area (Å²) < 4.78 is 4.87. The summed E-state index contributed by atoms with van der Waals surface area (Å²) >= 11 is 0. The normalized spacial score (nSPS) is 22.3. The molecule has 0 heterocycles. The van der Waals surface area contributed by atoms with Gasteiger partial charge in [-0.2, -0.15) is 0 Å². The van der Waals surface area contributed by atoms with E-state index >= 15 is 0 Å². The zero-order valence-corrected chi connectivity index (χ0v) is 13.3. The van der Waals surface area contributed by atoms with E-state index in [0.29, 0.717) is 23.2 Å². The maximum Gasteiger partial charge on any atom is 0.340 e. The average molecular weight is 290 g/mol. The van der Waals surface area contributed by atoms with Crippen LogP contribution in [0.25, 0.3) is 0 Å². The number of rotatable bonds is 4. The lowest BCUT2D eigenvalue weighted by molar-refractivity contribution is 0.0598. The van der Waals surface area contributed by atoms with Gasteiger partial charge < -0.3 is 10.5 Å². The third-order valence-electron chi connectivity index (χ3n) is 4.62. The van der Waals surface area contributed by atoms with Crippen LogP contribution in [-0.4, -0.2) is 31.1 Å². The van der Waals surface area contributed by atoms with Crippen LogP contribution in [-0.2, 0) is 11.3 Å². The van der Waals surface area contributed by atoms with Crippen molar-refractivity contribution in [2.24, 2.45) is 5.92 Å². The molecule has 0 bridgehead atoms. The van der Waals surface area contributed by atoms with E-state index in [1.54, 1.807) is 6.07 Å². The number of methoxy groups -OCH3 is 1. The molecular weight excluding hydrogens is 264 g/mol. The van der Waals surface area contributed by atoms with E-state index in [1.165, 1.54) is 32.8 Å². The molecule has 1 fully saturated rings. The van der Waals surface area contributed by atoms with Gasteiger partial charge in [0.2, 0.25) is 0 Å². The molecule has 0 saturated heterocycles. The van der Waals surface area contributed by atoms with Crippen molar-refractivity contribution in [3.05, 3.63) is 29.3 Å². The van der Waals surface area contributed by atoms with Gasteiger partial charge in [0.25, 0.3) is 0 Å². The van der Waals surface area contributed by atoms with E-state index in [2.05, 4.69) is 18.9 Å². The molecular formula is C17H26N2O2. The lowest BCUT2D eigenvalue weighted by Crippen LogP contribution is -2.38. The summed E-state index contributed by atoms with van der Waals surface area (Å²) in [6.45, 7) is 3.05. The number of hydrogen-bond acceptors (Lipinski definition) is 4. The minimum Gasteiger partial charge on any atom is -0.465 e. The fourth-order valence-electron chi connectivity index (χ4n) is 3.44. The first kappa shape index (κ1) is 15.8. The first-order valence-corrected chi connectivity index (χ1v) is 7.70. The number of hydrogen-bond donors (Lipinski definition) is 1. The van der Waals surface area contributed by atoms with Gasteiger partial charge >= 0.3 is 5.97 Å². The van der Waals surface area contributed by atoms with Gasteiger partial charge in [0.05, 0.1) is 12.7 Å². The summed E-state index contributed by atoms with van der Waals surface area (Å²) in [5, 5.41) is 0. The Morgan fingerprint density at radius 1 is 1.38 bits per heavy atom. The molecule has 4 nitrogen and oxygen atoms in total. The van der Waals surface area contributed by atoms with Crippen molar-refractivity contribution < 1.29 is 9.53 Å². The van der Waals surface area contributed by atoms with Crippen molar-refractivity contribution in [2.75, 3.05) is 19.9 Å². The van der Waals surface area contributed by atoms with Crippen molar-refractivity contribution >= 4 is 11.7 Å². The van der Waals surface area contributed by atoms with Crippen LogP contribution >= 0.6 is 0 Å². The van der Waals surface area contributed by atoms with Crippen molar-refractivity contribution in [1.29, 1.82) is 0 Å². The van der Waals surface area contributed by atoms with Crippen LogP contribution in [0.2, 0.25) is 0 Å². The molecule has 1 aromatic rings. The van der Waals surface area contributed by atoms with Gasteiger partial charge in [0.1, 0.15) is 0 Å². The maximum absolute atomic E-state index is 12.0. The van der Waals surface area contributed by atoms with Gasteiger partial charge in [0, 0.05) is 18.3 Å². The minimum absolute atomic E-state index is 0.354. The fraction of sp³-hybridized carbons (Fsp3) is 0.588. The lowest BCUT2D eigenvalue weighted by atomic mass is 9.85. The second-order valence-electron chi connectivity index (χ2n) is 6.12. The summed E-state index contributed by atoms with van der Waals surface area (Å²) in [4.78, 5) is 14.3. The van der Waals surface area contributed by atoms with Crippen LogP contribution in [0.3, 0.4) is 0 Å². The van der Waals surface area contributed by atoms with E-state index in [-0.39, 0.29) is 5.97 Å². The Morgan fingerprint density at radius 3 is 2.76 bits per heavy atom. The molecule has 0 amide bonds. The van der Waals surface area contributed by atoms with E-state index in [0.717, 1.165) is 12.1 Å². The Hall–Kier alpha value is -1.55. The molecule has 1 saturated carbocycles. The number of esters is 1. The van der Waals surface area contributed by atoms with Gasteiger partial charge in [-0.3, -0.25) is 4.90 Å². The highest BCUT2D eigenvalue weighted by Crippen LogP contribution is 2.29. The summed E-state index contributed by atoms with van der Waals surface area (Å²) in [7, 11) is 3.53. The number of carbonyl (C=O) groups excluding carboxylic acids is 1. The number of nitrogens with two attached hydrogens (primary N) is 1. The second-order valence-corrected chi connectivity index (χ2v) is 6.12. The summed E-state index contributed by atoms with van der Waals surface area (Å²) in [5.41, 5.74) is 7.91. The first-order valence-electron chi connectivity index (χ1n) is 7.70. The molecule has 2 N–H and O–H groups in total. The van der Waals surface area contributed by atoms with Crippen LogP contribution in [0.1, 0.15) is 48.5 Å². The Kier molecular flexibility index (Phi) is 5.23. The van der Waals surface area contributed by atoms with Gasteiger partial charge in [-0.25, -0.2) is 4.79 Å². The molecule has 2 rings (SSSR count). The van der Waals surface area contributed by atoms with Crippen molar-refractivity contribution in [3.8, 4) is 0 Å². The maximum atomic E-state index is 12.0. The number of ether oxygens (including phenoxy) is 1. The van der Waals surface area contributed by atoms with Crippen LogP contribution < -0.4 is 5.73 Å². The predicted octanol–water partition coefficient (Wildman–Crippen LogP) is 3.07. The molecule has 0 spiro atoms. The standard InChI is InChI=1S/C17H26N2O2/c1-12-7-4-5-10-15(12)19(2)11-13-8-6-9-14(18)16(13)17(20)21-3/h6,8-9,12,15H,4-5,7,10-11,18H2,1-3H3. The molecule has 1 aliphatic carbocycles. The van der Waals surface area contributed by atoms with Crippen LogP contribution in [0, 0.1) is 5.92 Å². The molecule has 0 aromatic heterocycles. The van der Waals surface area contributed by atoms with Gasteiger partial charge in [-0.1, -0.05) is 31.9 Å². The highest BCUT2D eigenvalue weighted by atomic mass is 16.5. The van der Waals surface area contributed by atoms with Gasteiger partial charge in [-0.05, 0) is 37.4 Å². The third kappa shape index (κ3) is 3.56. The molecule has 2 atom stereocenters. The summed E-state index contributed by atoms with van der Waals surface area (Å²) in [5.74, 6) is 0.347. The lowest BCUT2D eigenvalue weighted by Gasteiger charge is -2.36. The molecule has 1 aromatic carbocycles. The summed E-state index contributed by atoms with van der Waals surface area (Å²) in [6, 6.07) is 6.19. The molecule has 21 heavy (non-hydrogen) atoms. The van der Waals surface area contributed by atoms with E-state index in [1.807, 2.05) is 12.1 Å². The molecule has 2 unspecified atom stereocenters. The van der Waals surface area contributed by atoms with Crippen molar-refractivity contribution in [2.45, 2.75) is 45.2 Å². The number of nitrogen functional groups attached to an aromatic ring is 1. The van der Waals surface area contributed by atoms with Crippen molar-refractivity contribution in [1.82, 2.24) is 4.90 Å². The zero-order chi connectivity index (χ0) is 15.4. The smallest absolute Gasteiger partial charge is 0.340 e. The van der Waals surface area contributed by atoms with E-state index < -0.39 is 0 Å². The van der Waals surface area contributed by atoms with Crippen molar-refractivity contribution in [3.63, 3.8) is 0 Å². The predicted molar refractivity (Wildman–Crippen MR) is 85.1 cm³/mol. The van der Waals surface area contributed by atoms with Crippen LogP contribution in [0.15, 0.2) is 18.2 Å².